The number of ether oxygens (including phenoxy) is 2. The molecule has 0 amide bonds. The highest BCUT2D eigenvalue weighted by Gasteiger charge is 2.23. The molecule has 1 aliphatic heterocycles. The van der Waals surface area contributed by atoms with Crippen LogP contribution in [0.25, 0.3) is 10.8 Å². The lowest BCUT2D eigenvalue weighted by Crippen LogP contribution is -2.26. The molecule has 2 aromatic carbocycles. The number of nitrogens with zero attached hydrogens (tertiary/aromatic N) is 2. The highest BCUT2D eigenvalue weighted by Crippen LogP contribution is 2.30. The summed E-state index contributed by atoms with van der Waals surface area (Å²) < 4.78 is 10.9. The van der Waals surface area contributed by atoms with Crippen molar-refractivity contribution in [2.45, 2.75) is 19.0 Å². The summed E-state index contributed by atoms with van der Waals surface area (Å²) in [5.74, 6) is 1.46. The molecule has 1 aromatic heterocycles. The lowest BCUT2D eigenvalue weighted by atomic mass is 10.1. The highest BCUT2D eigenvalue weighted by atomic mass is 16.5. The first-order valence-corrected chi connectivity index (χ1v) is 10.00. The minimum atomic E-state index is 0.0276. The summed E-state index contributed by atoms with van der Waals surface area (Å²) in [7, 11) is 1.65. The van der Waals surface area contributed by atoms with Gasteiger partial charge in [-0.05, 0) is 42.3 Å². The van der Waals surface area contributed by atoms with Gasteiger partial charge in [0.15, 0.2) is 0 Å². The molecule has 1 fully saturated rings. The van der Waals surface area contributed by atoms with E-state index in [9.17, 15) is 0 Å². The van der Waals surface area contributed by atoms with E-state index in [2.05, 4.69) is 33.4 Å². The highest BCUT2D eigenvalue weighted by molar-refractivity contribution is 5.96. The molecule has 1 atom stereocenters. The molecular weight excluding hydrogens is 366 g/mol. The number of rotatable bonds is 8. The summed E-state index contributed by atoms with van der Waals surface area (Å²) in [6, 6.07) is 16.7. The van der Waals surface area contributed by atoms with E-state index < -0.39 is 0 Å². The smallest absolute Gasteiger partial charge is 0.221 e. The van der Waals surface area contributed by atoms with Crippen LogP contribution in [0.3, 0.4) is 0 Å². The summed E-state index contributed by atoms with van der Waals surface area (Å²) >= 11 is 0. The van der Waals surface area contributed by atoms with E-state index in [1.165, 1.54) is 5.56 Å². The van der Waals surface area contributed by atoms with Gasteiger partial charge in [-0.1, -0.05) is 18.2 Å². The number of fused-ring (bicyclic) bond motifs is 1. The van der Waals surface area contributed by atoms with E-state index in [4.69, 9.17) is 14.6 Å². The van der Waals surface area contributed by atoms with Crippen LogP contribution in [-0.2, 0) is 6.54 Å². The van der Waals surface area contributed by atoms with Gasteiger partial charge in [0.25, 0.3) is 0 Å². The summed E-state index contributed by atoms with van der Waals surface area (Å²) in [5, 5.41) is 14.8. The summed E-state index contributed by atoms with van der Waals surface area (Å²) in [4.78, 5) is 6.75. The lowest BCUT2D eigenvalue weighted by molar-refractivity contribution is 0.201. The Balaban J connectivity index is 1.40. The standard InChI is InChI=1S/C23H27N3O3/c1-28-23-21-6-3-7-22(20(21)8-10-24-23)25-18-9-11-26(16-18)15-17-4-2-5-19(14-17)29-13-12-27/h2-8,10,14,18,25,27H,9,11-13,15-16H2,1H3/t18-/m1/s1. The van der Waals surface area contributed by atoms with Crippen LogP contribution in [0.2, 0.25) is 0 Å². The average Bonchev–Trinajstić information content (AvgIpc) is 3.19. The minimum Gasteiger partial charge on any atom is -0.491 e. The molecule has 6 nitrogen and oxygen atoms in total. The van der Waals surface area contributed by atoms with Crippen LogP contribution < -0.4 is 14.8 Å². The molecule has 1 aliphatic rings. The van der Waals surface area contributed by atoms with Crippen LogP contribution in [0.1, 0.15) is 12.0 Å². The molecule has 0 saturated carbocycles. The number of benzene rings is 2. The number of aliphatic hydroxyl groups excluding tert-OH is 1. The fourth-order valence-corrected chi connectivity index (χ4v) is 3.94. The van der Waals surface area contributed by atoms with E-state index in [0.29, 0.717) is 18.5 Å². The number of aromatic nitrogens is 1. The predicted molar refractivity (Wildman–Crippen MR) is 115 cm³/mol. The number of anilines is 1. The molecule has 0 radical (unpaired) electrons. The van der Waals surface area contributed by atoms with Crippen LogP contribution in [-0.4, -0.2) is 54.4 Å². The molecule has 2 heterocycles. The Kier molecular flexibility index (Phi) is 6.12. The molecule has 1 saturated heterocycles. The number of hydrogen-bond acceptors (Lipinski definition) is 6. The van der Waals surface area contributed by atoms with Crippen molar-refractivity contribution in [3.05, 3.63) is 60.3 Å². The molecule has 0 bridgehead atoms. The third kappa shape index (κ3) is 4.60. The molecule has 4 rings (SSSR count). The fraction of sp³-hybridized carbons (Fsp3) is 0.348. The van der Waals surface area contributed by atoms with Crippen LogP contribution >= 0.6 is 0 Å². The van der Waals surface area contributed by atoms with Crippen molar-refractivity contribution in [1.82, 2.24) is 9.88 Å². The van der Waals surface area contributed by atoms with Crippen LogP contribution in [0, 0.1) is 0 Å². The Labute approximate surface area is 171 Å². The first-order chi connectivity index (χ1) is 14.3. The SMILES string of the molecule is COc1nccc2c(N[C@@H]3CCN(Cc4cccc(OCCO)c4)C3)cccc12. The Morgan fingerprint density at radius 1 is 1.17 bits per heavy atom. The number of likely N-dealkylation sites (tertiary alicyclic amines) is 1. The van der Waals surface area contributed by atoms with Crippen LogP contribution in [0.5, 0.6) is 11.6 Å². The Bertz CT molecular complexity index is 963. The molecule has 29 heavy (non-hydrogen) atoms. The minimum absolute atomic E-state index is 0.0276. The Hall–Kier alpha value is -2.83. The van der Waals surface area contributed by atoms with Crippen molar-refractivity contribution in [2.75, 3.05) is 38.7 Å². The predicted octanol–water partition coefficient (Wildman–Crippen LogP) is 3.30. The lowest BCUT2D eigenvalue weighted by Gasteiger charge is -2.19. The van der Waals surface area contributed by atoms with E-state index in [1.807, 2.05) is 30.3 Å². The maximum Gasteiger partial charge on any atom is 0.221 e. The maximum atomic E-state index is 8.92. The zero-order valence-electron chi connectivity index (χ0n) is 16.7. The third-order valence-electron chi connectivity index (χ3n) is 5.26. The number of hydrogen-bond donors (Lipinski definition) is 2. The van der Waals surface area contributed by atoms with E-state index >= 15 is 0 Å². The molecule has 3 aromatic rings. The van der Waals surface area contributed by atoms with Gasteiger partial charge >= 0.3 is 0 Å². The fourth-order valence-electron chi connectivity index (χ4n) is 3.94. The molecule has 0 unspecified atom stereocenters. The second-order valence-electron chi connectivity index (χ2n) is 7.31. The number of methoxy groups -OCH3 is 1. The van der Waals surface area contributed by atoms with Crippen molar-refractivity contribution in [1.29, 1.82) is 0 Å². The topological polar surface area (TPSA) is 66.9 Å². The van der Waals surface area contributed by atoms with Gasteiger partial charge in [0.1, 0.15) is 12.4 Å². The van der Waals surface area contributed by atoms with E-state index in [-0.39, 0.29) is 6.61 Å². The molecule has 0 aliphatic carbocycles. The van der Waals surface area contributed by atoms with E-state index in [1.54, 1.807) is 13.3 Å². The molecule has 152 valence electrons. The Morgan fingerprint density at radius 3 is 2.93 bits per heavy atom. The normalized spacial score (nSPS) is 16.8. The maximum absolute atomic E-state index is 8.92. The first-order valence-electron chi connectivity index (χ1n) is 10.00. The quantitative estimate of drug-likeness (QED) is 0.612. The largest absolute Gasteiger partial charge is 0.491 e. The number of nitrogens with one attached hydrogen (secondary N) is 1. The monoisotopic (exact) mass is 393 g/mol. The third-order valence-corrected chi connectivity index (χ3v) is 5.26. The zero-order valence-corrected chi connectivity index (χ0v) is 16.7. The van der Waals surface area contributed by atoms with Crippen molar-refractivity contribution >= 4 is 16.5 Å². The van der Waals surface area contributed by atoms with Crippen molar-refractivity contribution in [3.63, 3.8) is 0 Å². The van der Waals surface area contributed by atoms with Gasteiger partial charge in [-0.2, -0.15) is 0 Å². The zero-order chi connectivity index (χ0) is 20.1. The summed E-state index contributed by atoms with van der Waals surface area (Å²) in [6.07, 6.45) is 2.89. The second kappa shape index (κ2) is 9.11. The molecule has 6 heteroatoms. The summed E-state index contributed by atoms with van der Waals surface area (Å²) in [6.45, 7) is 3.28. The van der Waals surface area contributed by atoms with Crippen LogP contribution in [0.15, 0.2) is 54.7 Å². The van der Waals surface area contributed by atoms with Crippen molar-refractivity contribution in [3.8, 4) is 11.6 Å². The van der Waals surface area contributed by atoms with Gasteiger partial charge in [-0.3, -0.25) is 4.90 Å². The first kappa shape index (κ1) is 19.5. The van der Waals surface area contributed by atoms with Crippen molar-refractivity contribution in [2.24, 2.45) is 0 Å². The second-order valence-corrected chi connectivity index (χ2v) is 7.31. The molecular formula is C23H27N3O3. The van der Waals surface area contributed by atoms with Crippen molar-refractivity contribution < 1.29 is 14.6 Å². The van der Waals surface area contributed by atoms with Gasteiger partial charge in [0.2, 0.25) is 5.88 Å². The molecule has 0 spiro atoms. The van der Waals surface area contributed by atoms with Crippen LogP contribution in [0.4, 0.5) is 5.69 Å². The molecule has 2 N–H and O–H groups in total. The van der Waals surface area contributed by atoms with E-state index in [0.717, 1.165) is 48.3 Å². The van der Waals surface area contributed by atoms with Gasteiger partial charge in [0.05, 0.1) is 13.7 Å². The number of pyridine rings is 1. The van der Waals surface area contributed by atoms with Gasteiger partial charge in [-0.15, -0.1) is 0 Å². The Morgan fingerprint density at radius 2 is 2.07 bits per heavy atom. The average molecular weight is 393 g/mol. The van der Waals surface area contributed by atoms with Gasteiger partial charge in [0, 0.05) is 48.3 Å². The number of aliphatic hydroxyl groups is 1. The van der Waals surface area contributed by atoms with Gasteiger partial charge < -0.3 is 19.9 Å². The van der Waals surface area contributed by atoms with Gasteiger partial charge in [-0.25, -0.2) is 4.98 Å². The summed E-state index contributed by atoms with van der Waals surface area (Å²) in [5.41, 5.74) is 2.34.